The Morgan fingerprint density at radius 3 is 2.57 bits per heavy atom. The van der Waals surface area contributed by atoms with E-state index in [1.807, 2.05) is 30.0 Å². The predicted molar refractivity (Wildman–Crippen MR) is 111 cm³/mol. The molecule has 2 aromatic rings. The Hall–Kier alpha value is -2.38. The van der Waals surface area contributed by atoms with E-state index < -0.39 is 10.0 Å². The minimum absolute atomic E-state index is 0.149. The highest BCUT2D eigenvalue weighted by Gasteiger charge is 2.29. The van der Waals surface area contributed by atoms with Crippen molar-refractivity contribution in [3.63, 3.8) is 0 Å². The molecular weight excluding hydrogens is 374 g/mol. The van der Waals surface area contributed by atoms with Gasteiger partial charge in [-0.2, -0.15) is 0 Å². The maximum absolute atomic E-state index is 12.9. The summed E-state index contributed by atoms with van der Waals surface area (Å²) in [5, 5.41) is 2.92. The van der Waals surface area contributed by atoms with Gasteiger partial charge in [-0.15, -0.1) is 0 Å². The van der Waals surface area contributed by atoms with Crippen LogP contribution < -0.4 is 5.32 Å². The van der Waals surface area contributed by atoms with E-state index in [4.69, 9.17) is 0 Å². The predicted octanol–water partition coefficient (Wildman–Crippen LogP) is 3.48. The molecule has 1 N–H and O–H groups in total. The maximum Gasteiger partial charge on any atom is 0.322 e. The van der Waals surface area contributed by atoms with Crippen LogP contribution in [0.15, 0.2) is 53.4 Å². The van der Waals surface area contributed by atoms with E-state index in [0.717, 1.165) is 24.8 Å². The SMILES string of the molecule is Cc1ccc(S(=O)(=O)N(C)C)cc1NC(=O)N1CCCC1Cc1ccccc1. The lowest BCUT2D eigenvalue weighted by molar-refractivity contribution is 0.206. The summed E-state index contributed by atoms with van der Waals surface area (Å²) in [4.78, 5) is 14.9. The molecule has 0 saturated carbocycles. The Morgan fingerprint density at radius 2 is 1.89 bits per heavy atom. The molecule has 0 radical (unpaired) electrons. The van der Waals surface area contributed by atoms with E-state index in [-0.39, 0.29) is 17.0 Å². The molecule has 6 nitrogen and oxygen atoms in total. The quantitative estimate of drug-likeness (QED) is 0.834. The van der Waals surface area contributed by atoms with Gasteiger partial charge in [0.05, 0.1) is 4.90 Å². The van der Waals surface area contributed by atoms with Gasteiger partial charge in [0.2, 0.25) is 10.0 Å². The topological polar surface area (TPSA) is 69.7 Å². The van der Waals surface area contributed by atoms with Gasteiger partial charge in [0.15, 0.2) is 0 Å². The van der Waals surface area contributed by atoms with E-state index in [1.54, 1.807) is 12.1 Å². The van der Waals surface area contributed by atoms with Crippen LogP contribution in [0.5, 0.6) is 0 Å². The Morgan fingerprint density at radius 1 is 1.18 bits per heavy atom. The Bertz CT molecular complexity index is 943. The maximum atomic E-state index is 12.9. The second-order valence-electron chi connectivity index (χ2n) is 7.37. The van der Waals surface area contributed by atoms with Crippen molar-refractivity contribution in [1.82, 2.24) is 9.21 Å². The Kier molecular flexibility index (Phi) is 6.05. The molecule has 1 unspecified atom stereocenters. The first-order valence-corrected chi connectivity index (χ1v) is 10.9. The fourth-order valence-corrected chi connectivity index (χ4v) is 4.42. The number of likely N-dealkylation sites (tertiary alicyclic amines) is 1. The molecule has 0 spiro atoms. The Labute approximate surface area is 167 Å². The number of carbonyl (C=O) groups is 1. The van der Waals surface area contributed by atoms with Crippen molar-refractivity contribution < 1.29 is 13.2 Å². The molecule has 0 bridgehead atoms. The molecule has 28 heavy (non-hydrogen) atoms. The number of carbonyl (C=O) groups excluding carboxylic acids is 1. The van der Waals surface area contributed by atoms with Crippen LogP contribution in [0.25, 0.3) is 0 Å². The molecule has 2 amide bonds. The normalized spacial score (nSPS) is 17.1. The number of anilines is 1. The summed E-state index contributed by atoms with van der Waals surface area (Å²) in [5.74, 6) is 0. The summed E-state index contributed by atoms with van der Waals surface area (Å²) in [6, 6.07) is 14.9. The van der Waals surface area contributed by atoms with Gasteiger partial charge in [-0.1, -0.05) is 36.4 Å². The van der Waals surface area contributed by atoms with Crippen molar-refractivity contribution in [1.29, 1.82) is 0 Å². The Balaban J connectivity index is 1.77. The van der Waals surface area contributed by atoms with Crippen LogP contribution in [0.1, 0.15) is 24.0 Å². The number of aryl methyl sites for hydroxylation is 1. The summed E-state index contributed by atoms with van der Waals surface area (Å²) in [6.07, 6.45) is 2.76. The van der Waals surface area contributed by atoms with E-state index in [2.05, 4.69) is 17.4 Å². The molecule has 3 rings (SSSR count). The smallest absolute Gasteiger partial charge is 0.321 e. The van der Waals surface area contributed by atoms with E-state index in [0.29, 0.717) is 12.2 Å². The summed E-state index contributed by atoms with van der Waals surface area (Å²) in [5.41, 5.74) is 2.56. The number of hydrogen-bond acceptors (Lipinski definition) is 3. The summed E-state index contributed by atoms with van der Waals surface area (Å²) >= 11 is 0. The zero-order valence-electron chi connectivity index (χ0n) is 16.6. The number of sulfonamides is 1. The minimum atomic E-state index is -3.55. The van der Waals surface area contributed by atoms with Crippen molar-refractivity contribution in [3.8, 4) is 0 Å². The van der Waals surface area contributed by atoms with Crippen LogP contribution in [-0.4, -0.2) is 50.3 Å². The van der Waals surface area contributed by atoms with Crippen LogP contribution >= 0.6 is 0 Å². The van der Waals surface area contributed by atoms with Gasteiger partial charge in [-0.05, 0) is 49.4 Å². The van der Waals surface area contributed by atoms with Crippen LogP contribution in [0, 0.1) is 6.92 Å². The highest BCUT2D eigenvalue weighted by molar-refractivity contribution is 7.89. The van der Waals surface area contributed by atoms with Gasteiger partial charge in [-0.3, -0.25) is 0 Å². The molecule has 1 atom stereocenters. The third-order valence-electron chi connectivity index (χ3n) is 5.18. The average molecular weight is 402 g/mol. The largest absolute Gasteiger partial charge is 0.322 e. The molecule has 0 aromatic heterocycles. The monoisotopic (exact) mass is 401 g/mol. The van der Waals surface area contributed by atoms with Crippen LogP contribution in [0.4, 0.5) is 10.5 Å². The van der Waals surface area contributed by atoms with Crippen LogP contribution in [-0.2, 0) is 16.4 Å². The van der Waals surface area contributed by atoms with Gasteiger partial charge in [-0.25, -0.2) is 17.5 Å². The fourth-order valence-electron chi connectivity index (χ4n) is 3.50. The number of nitrogens with one attached hydrogen (secondary N) is 1. The van der Waals surface area contributed by atoms with E-state index >= 15 is 0 Å². The molecule has 1 aliphatic heterocycles. The molecule has 1 saturated heterocycles. The number of benzene rings is 2. The zero-order chi connectivity index (χ0) is 20.3. The van der Waals surface area contributed by atoms with Gasteiger partial charge < -0.3 is 10.2 Å². The number of hydrogen-bond donors (Lipinski definition) is 1. The third kappa shape index (κ3) is 4.36. The number of amides is 2. The van der Waals surface area contributed by atoms with Crippen LogP contribution in [0.3, 0.4) is 0 Å². The standard InChI is InChI=1S/C21H27N3O3S/c1-16-11-12-19(28(26,27)23(2)3)15-20(16)22-21(25)24-13-7-10-18(24)14-17-8-5-4-6-9-17/h4-6,8-9,11-12,15,18H,7,10,13-14H2,1-3H3,(H,22,25). The molecule has 1 heterocycles. The van der Waals surface area contributed by atoms with Crippen molar-refractivity contribution in [2.45, 2.75) is 37.1 Å². The lowest BCUT2D eigenvalue weighted by Gasteiger charge is -2.26. The molecule has 150 valence electrons. The van der Waals surface area contributed by atoms with Gasteiger partial charge >= 0.3 is 6.03 Å². The first-order valence-electron chi connectivity index (χ1n) is 9.44. The fraction of sp³-hybridized carbons (Fsp3) is 0.381. The molecule has 2 aromatic carbocycles. The zero-order valence-corrected chi connectivity index (χ0v) is 17.4. The second-order valence-corrected chi connectivity index (χ2v) is 9.53. The number of urea groups is 1. The minimum Gasteiger partial charge on any atom is -0.321 e. The summed E-state index contributed by atoms with van der Waals surface area (Å²) in [6.45, 7) is 2.56. The van der Waals surface area contributed by atoms with Crippen molar-refractivity contribution in [2.24, 2.45) is 0 Å². The molecular formula is C21H27N3O3S. The first-order chi connectivity index (χ1) is 13.3. The second kappa shape index (κ2) is 8.32. The molecule has 7 heteroatoms. The van der Waals surface area contributed by atoms with E-state index in [1.165, 1.54) is 30.0 Å². The van der Waals surface area contributed by atoms with Crippen molar-refractivity contribution in [2.75, 3.05) is 26.0 Å². The lowest BCUT2D eigenvalue weighted by Crippen LogP contribution is -2.40. The molecule has 1 aliphatic rings. The van der Waals surface area contributed by atoms with Crippen LogP contribution in [0.2, 0.25) is 0 Å². The van der Waals surface area contributed by atoms with E-state index in [9.17, 15) is 13.2 Å². The van der Waals surface area contributed by atoms with Gasteiger partial charge in [0.25, 0.3) is 0 Å². The van der Waals surface area contributed by atoms with Gasteiger partial charge in [0.1, 0.15) is 0 Å². The highest BCUT2D eigenvalue weighted by Crippen LogP contribution is 2.25. The first kappa shape index (κ1) is 20.4. The molecule has 1 fully saturated rings. The van der Waals surface area contributed by atoms with Crippen molar-refractivity contribution in [3.05, 3.63) is 59.7 Å². The summed E-state index contributed by atoms with van der Waals surface area (Å²) in [7, 11) is -0.570. The molecule has 0 aliphatic carbocycles. The lowest BCUT2D eigenvalue weighted by atomic mass is 10.0. The number of rotatable bonds is 5. The summed E-state index contributed by atoms with van der Waals surface area (Å²) < 4.78 is 26.0. The highest BCUT2D eigenvalue weighted by atomic mass is 32.2. The number of nitrogens with zero attached hydrogens (tertiary/aromatic N) is 2. The van der Waals surface area contributed by atoms with Gasteiger partial charge in [0, 0.05) is 32.4 Å². The third-order valence-corrected chi connectivity index (χ3v) is 6.99. The average Bonchev–Trinajstić information content (AvgIpc) is 3.12. The van der Waals surface area contributed by atoms with Crippen molar-refractivity contribution >= 4 is 21.7 Å².